The molecule has 230 valence electrons. The minimum absolute atomic E-state index is 0.111. The third kappa shape index (κ3) is 7.05. The number of carboxylic acid groups (broad SMARTS) is 1. The van der Waals surface area contributed by atoms with Crippen molar-refractivity contribution >= 4 is 11.7 Å². The molecule has 2 atom stereocenters. The molecule has 0 saturated carbocycles. The maximum Gasteiger partial charge on any atom is 0.337 e. The van der Waals surface area contributed by atoms with Crippen molar-refractivity contribution in [2.24, 2.45) is 5.41 Å². The molecule has 2 N–H and O–H groups in total. The predicted octanol–water partition coefficient (Wildman–Crippen LogP) is 7.05. The number of piperidine rings is 1. The van der Waals surface area contributed by atoms with Crippen molar-refractivity contribution in [3.05, 3.63) is 76.6 Å². The van der Waals surface area contributed by atoms with Crippen LogP contribution in [0.1, 0.15) is 88.1 Å². The van der Waals surface area contributed by atoms with E-state index >= 15 is 0 Å². The molecule has 3 aromatic rings. The van der Waals surface area contributed by atoms with Gasteiger partial charge in [0.05, 0.1) is 23.6 Å². The van der Waals surface area contributed by atoms with Crippen LogP contribution in [0.4, 0.5) is 5.69 Å². The Balaban J connectivity index is 1.61. The highest BCUT2D eigenvalue weighted by atomic mass is 16.5. The highest BCUT2D eigenvalue weighted by molar-refractivity contribution is 5.88. The molecule has 3 heterocycles. The zero-order valence-corrected chi connectivity index (χ0v) is 26.4. The van der Waals surface area contributed by atoms with Gasteiger partial charge in [-0.25, -0.2) is 4.79 Å². The molecule has 1 aromatic heterocycles. The van der Waals surface area contributed by atoms with E-state index in [2.05, 4.69) is 49.1 Å². The zero-order chi connectivity index (χ0) is 30.9. The van der Waals surface area contributed by atoms with Crippen LogP contribution in [0.15, 0.2) is 48.5 Å². The highest BCUT2D eigenvalue weighted by Gasteiger charge is 2.37. The molecule has 2 unspecified atom stereocenters. The number of aliphatic carboxylic acids is 1. The Bertz CT molecular complexity index is 1450. The van der Waals surface area contributed by atoms with E-state index in [0.717, 1.165) is 73.3 Å². The van der Waals surface area contributed by atoms with Crippen LogP contribution < -0.4 is 9.64 Å². The van der Waals surface area contributed by atoms with Gasteiger partial charge in [0.15, 0.2) is 6.10 Å². The van der Waals surface area contributed by atoms with Gasteiger partial charge < -0.3 is 24.6 Å². The summed E-state index contributed by atoms with van der Waals surface area (Å²) in [4.78, 5) is 19.9. The summed E-state index contributed by atoms with van der Waals surface area (Å²) >= 11 is 0. The number of benzene rings is 2. The van der Waals surface area contributed by atoms with Crippen LogP contribution in [0.5, 0.6) is 5.75 Å². The van der Waals surface area contributed by atoms with E-state index in [4.69, 9.17) is 14.5 Å². The molecule has 0 amide bonds. The minimum atomic E-state index is -1.20. The van der Waals surface area contributed by atoms with E-state index < -0.39 is 17.7 Å². The van der Waals surface area contributed by atoms with E-state index in [-0.39, 0.29) is 18.1 Å². The second-order valence-corrected chi connectivity index (χ2v) is 13.8. The maximum atomic E-state index is 12.8. The number of hydrogen-bond acceptors (Lipinski definition) is 6. The largest absolute Gasteiger partial charge is 0.490 e. The Morgan fingerprint density at radius 1 is 1.14 bits per heavy atom. The predicted molar refractivity (Wildman–Crippen MR) is 170 cm³/mol. The molecule has 1 saturated heterocycles. The Morgan fingerprint density at radius 3 is 2.47 bits per heavy atom. The number of rotatable bonds is 8. The number of anilines is 1. The van der Waals surface area contributed by atoms with E-state index in [1.54, 1.807) is 0 Å². The second kappa shape index (κ2) is 12.3. The van der Waals surface area contributed by atoms with Crippen molar-refractivity contribution in [2.75, 3.05) is 18.0 Å². The number of aryl methyl sites for hydroxylation is 2. The Labute approximate surface area is 255 Å². The third-order valence-corrected chi connectivity index (χ3v) is 8.70. The summed E-state index contributed by atoms with van der Waals surface area (Å²) in [5.41, 5.74) is 6.04. The molecule has 43 heavy (non-hydrogen) atoms. The van der Waals surface area contributed by atoms with Crippen LogP contribution in [0.3, 0.4) is 0 Å². The van der Waals surface area contributed by atoms with Crippen LogP contribution in [0.2, 0.25) is 0 Å². The lowest BCUT2D eigenvalue weighted by Gasteiger charge is -2.41. The first-order valence-corrected chi connectivity index (χ1v) is 15.5. The van der Waals surface area contributed by atoms with Gasteiger partial charge in [-0.05, 0) is 87.6 Å². The SMILES string of the molecule is Cc1nc(CO)c(-c2ccc3c(c2)CCC(Cc2ccccc2)O3)c(N2CCC(C)(C)CC2)c1C(OC(C)(C)C)C(=O)O. The summed E-state index contributed by atoms with van der Waals surface area (Å²) in [6.07, 6.45) is 3.50. The summed E-state index contributed by atoms with van der Waals surface area (Å²) in [6, 6.07) is 16.6. The van der Waals surface area contributed by atoms with Gasteiger partial charge in [-0.2, -0.15) is 0 Å². The summed E-state index contributed by atoms with van der Waals surface area (Å²) < 4.78 is 12.7. The lowest BCUT2D eigenvalue weighted by atomic mass is 9.81. The van der Waals surface area contributed by atoms with E-state index in [9.17, 15) is 15.0 Å². The summed E-state index contributed by atoms with van der Waals surface area (Å²) in [6.45, 7) is 13.3. The van der Waals surface area contributed by atoms with Gasteiger partial charge in [0.25, 0.3) is 0 Å². The number of pyridine rings is 1. The lowest BCUT2D eigenvalue weighted by molar-refractivity contribution is -0.160. The Hall–Kier alpha value is -3.42. The first-order valence-electron chi connectivity index (χ1n) is 15.5. The van der Waals surface area contributed by atoms with Crippen LogP contribution in [-0.2, 0) is 29.0 Å². The van der Waals surface area contributed by atoms with Gasteiger partial charge in [0.1, 0.15) is 11.9 Å². The van der Waals surface area contributed by atoms with E-state index in [1.807, 2.05) is 45.9 Å². The molecule has 2 aliphatic heterocycles. The fourth-order valence-corrected chi connectivity index (χ4v) is 6.36. The van der Waals surface area contributed by atoms with Crippen molar-refractivity contribution in [1.82, 2.24) is 4.98 Å². The molecule has 7 nitrogen and oxygen atoms in total. The molecule has 0 bridgehead atoms. The quantitative estimate of drug-likeness (QED) is 0.292. The van der Waals surface area contributed by atoms with Crippen molar-refractivity contribution in [2.45, 2.75) is 98.1 Å². The average Bonchev–Trinajstić information content (AvgIpc) is 2.95. The van der Waals surface area contributed by atoms with Gasteiger partial charge in [-0.15, -0.1) is 0 Å². The molecule has 5 rings (SSSR count). The number of fused-ring (bicyclic) bond motifs is 1. The highest BCUT2D eigenvalue weighted by Crippen LogP contribution is 2.46. The van der Waals surface area contributed by atoms with Crippen LogP contribution in [-0.4, -0.2) is 46.0 Å². The van der Waals surface area contributed by atoms with Crippen molar-refractivity contribution in [3.63, 3.8) is 0 Å². The van der Waals surface area contributed by atoms with Gasteiger partial charge in [0.2, 0.25) is 0 Å². The lowest BCUT2D eigenvalue weighted by Crippen LogP contribution is -2.39. The topological polar surface area (TPSA) is 92.1 Å². The number of carboxylic acids is 1. The Morgan fingerprint density at radius 2 is 1.84 bits per heavy atom. The summed E-state index contributed by atoms with van der Waals surface area (Å²) in [5.74, 6) is -0.174. The van der Waals surface area contributed by atoms with Crippen LogP contribution >= 0.6 is 0 Å². The van der Waals surface area contributed by atoms with Gasteiger partial charge >= 0.3 is 5.97 Å². The molecular formula is C36H46N2O5. The number of aromatic nitrogens is 1. The zero-order valence-electron chi connectivity index (χ0n) is 26.4. The van der Waals surface area contributed by atoms with Crippen molar-refractivity contribution in [1.29, 1.82) is 0 Å². The smallest absolute Gasteiger partial charge is 0.337 e. The number of hydrogen-bond donors (Lipinski definition) is 2. The molecule has 0 spiro atoms. The molecule has 2 aromatic carbocycles. The maximum absolute atomic E-state index is 12.8. The number of nitrogens with zero attached hydrogens (tertiary/aromatic N) is 2. The molecular weight excluding hydrogens is 540 g/mol. The molecule has 1 fully saturated rings. The van der Waals surface area contributed by atoms with E-state index in [0.29, 0.717) is 17.0 Å². The number of carbonyl (C=O) groups is 1. The van der Waals surface area contributed by atoms with Gasteiger partial charge in [-0.3, -0.25) is 4.98 Å². The standard InChI is InChI=1S/C36H46N2O5/c1-23-30(33(34(40)41)43-35(2,3)4)32(38-18-16-36(5,6)17-19-38)31(28(22-39)37-23)26-13-15-29-25(21-26)12-14-27(42-29)20-24-10-8-7-9-11-24/h7-11,13,15,21,27,33,39H,12,14,16-20,22H2,1-6H3,(H,40,41). The summed E-state index contributed by atoms with van der Waals surface area (Å²) in [5, 5.41) is 21.1. The van der Waals surface area contributed by atoms with Crippen molar-refractivity contribution < 1.29 is 24.5 Å². The van der Waals surface area contributed by atoms with E-state index in [1.165, 1.54) is 5.56 Å². The fourth-order valence-electron chi connectivity index (χ4n) is 6.36. The van der Waals surface area contributed by atoms with Crippen LogP contribution in [0.25, 0.3) is 11.1 Å². The molecule has 2 aliphatic rings. The second-order valence-electron chi connectivity index (χ2n) is 13.8. The monoisotopic (exact) mass is 586 g/mol. The first kappa shape index (κ1) is 31.0. The van der Waals surface area contributed by atoms with Gasteiger partial charge in [0, 0.05) is 36.3 Å². The number of aliphatic hydroxyl groups excluding tert-OH is 1. The minimum Gasteiger partial charge on any atom is -0.490 e. The fraction of sp³-hybridized carbons (Fsp3) is 0.500. The average molecular weight is 587 g/mol. The number of ether oxygens (including phenoxy) is 2. The van der Waals surface area contributed by atoms with Crippen LogP contribution in [0, 0.1) is 12.3 Å². The van der Waals surface area contributed by atoms with Gasteiger partial charge in [-0.1, -0.05) is 50.2 Å². The Kier molecular flexibility index (Phi) is 8.87. The molecule has 0 aliphatic carbocycles. The van der Waals surface area contributed by atoms with Crippen molar-refractivity contribution in [3.8, 4) is 16.9 Å². The molecule has 7 heteroatoms. The first-order chi connectivity index (χ1) is 20.3. The number of aliphatic hydroxyl groups is 1. The normalized spacial score (nSPS) is 19.0. The third-order valence-electron chi connectivity index (χ3n) is 8.70. The molecule has 0 radical (unpaired) electrons. The summed E-state index contributed by atoms with van der Waals surface area (Å²) in [7, 11) is 0.